The number of nitrogens with zero attached hydrogens (tertiary/aromatic N) is 1. The molecule has 0 aliphatic heterocycles. The minimum Gasteiger partial charge on any atom is -0.288 e. The Kier molecular flexibility index (Phi) is 2.68. The van der Waals surface area contributed by atoms with Gasteiger partial charge < -0.3 is 0 Å². The summed E-state index contributed by atoms with van der Waals surface area (Å²) in [4.78, 5) is 17.2. The van der Waals surface area contributed by atoms with E-state index in [0.717, 1.165) is 20.5 Å². The Morgan fingerprint density at radius 2 is 2.00 bits per heavy atom. The molecule has 1 aromatic carbocycles. The van der Waals surface area contributed by atoms with Crippen molar-refractivity contribution in [3.05, 3.63) is 64.8 Å². The smallest absolute Gasteiger partial charge is 0.204 e. The van der Waals surface area contributed by atoms with E-state index in [1.165, 1.54) is 11.3 Å². The second-order valence-electron chi connectivity index (χ2n) is 4.23. The van der Waals surface area contributed by atoms with E-state index >= 15 is 0 Å². The first-order chi connectivity index (χ1) is 8.74. The number of carbonyl (C=O) groups excluding carboxylic acids is 1. The Morgan fingerprint density at radius 1 is 1.17 bits per heavy atom. The van der Waals surface area contributed by atoms with Gasteiger partial charge in [0.05, 0.1) is 4.88 Å². The van der Waals surface area contributed by atoms with E-state index in [1.54, 1.807) is 12.4 Å². The van der Waals surface area contributed by atoms with Crippen LogP contribution in [0, 0.1) is 6.92 Å². The summed E-state index contributed by atoms with van der Waals surface area (Å²) in [6.07, 6.45) is 3.38. The van der Waals surface area contributed by atoms with Crippen LogP contribution in [-0.4, -0.2) is 10.8 Å². The van der Waals surface area contributed by atoms with E-state index in [-0.39, 0.29) is 5.78 Å². The molecular weight excluding hydrogens is 242 g/mol. The molecule has 3 heteroatoms. The molecule has 0 amide bonds. The van der Waals surface area contributed by atoms with Gasteiger partial charge in [-0.1, -0.05) is 18.2 Å². The second-order valence-corrected chi connectivity index (χ2v) is 5.31. The molecule has 2 heterocycles. The monoisotopic (exact) mass is 253 g/mol. The van der Waals surface area contributed by atoms with Gasteiger partial charge in [0.15, 0.2) is 0 Å². The maximum absolute atomic E-state index is 12.3. The predicted molar refractivity (Wildman–Crippen MR) is 74.2 cm³/mol. The van der Waals surface area contributed by atoms with Crippen molar-refractivity contribution in [1.29, 1.82) is 0 Å². The highest BCUT2D eigenvalue weighted by Gasteiger charge is 2.12. The van der Waals surface area contributed by atoms with Gasteiger partial charge in [-0.2, -0.15) is 0 Å². The molecule has 0 unspecified atom stereocenters. The van der Waals surface area contributed by atoms with Gasteiger partial charge in [0.2, 0.25) is 5.78 Å². The number of ketones is 1. The normalized spacial score (nSPS) is 10.7. The summed E-state index contributed by atoms with van der Waals surface area (Å²) in [5.41, 5.74) is 1.66. The van der Waals surface area contributed by atoms with Crippen LogP contribution >= 0.6 is 11.3 Å². The number of carbonyl (C=O) groups is 1. The Labute approximate surface area is 109 Å². The van der Waals surface area contributed by atoms with Crippen molar-refractivity contribution in [2.24, 2.45) is 0 Å². The predicted octanol–water partition coefficient (Wildman–Crippen LogP) is 3.84. The van der Waals surface area contributed by atoms with Crippen molar-refractivity contribution < 1.29 is 4.79 Å². The number of hydrogen-bond donors (Lipinski definition) is 0. The van der Waals surface area contributed by atoms with Crippen LogP contribution in [0.5, 0.6) is 0 Å². The molecule has 0 N–H and O–H groups in total. The Hall–Kier alpha value is -2.00. The third-order valence-corrected chi connectivity index (χ3v) is 3.90. The number of fused-ring (bicyclic) bond motifs is 1. The molecule has 0 atom stereocenters. The molecule has 3 rings (SSSR count). The minimum atomic E-state index is 0.0485. The highest BCUT2D eigenvalue weighted by molar-refractivity contribution is 7.21. The summed E-state index contributed by atoms with van der Waals surface area (Å²) in [6, 6.07) is 11.9. The molecule has 2 aromatic heterocycles. The summed E-state index contributed by atoms with van der Waals surface area (Å²) in [7, 11) is 0. The largest absolute Gasteiger partial charge is 0.288 e. The fourth-order valence-corrected chi connectivity index (χ4v) is 2.94. The molecule has 0 spiro atoms. The number of pyridine rings is 1. The number of thiophene rings is 1. The van der Waals surface area contributed by atoms with Crippen LogP contribution in [0.3, 0.4) is 0 Å². The van der Waals surface area contributed by atoms with Gasteiger partial charge in [0.1, 0.15) is 0 Å². The first kappa shape index (κ1) is 11.1. The van der Waals surface area contributed by atoms with Crippen LogP contribution in [0.25, 0.3) is 10.1 Å². The molecule has 0 radical (unpaired) electrons. The van der Waals surface area contributed by atoms with Crippen molar-refractivity contribution in [3.8, 4) is 0 Å². The first-order valence-electron chi connectivity index (χ1n) is 5.69. The summed E-state index contributed by atoms with van der Waals surface area (Å²) in [5, 5.41) is 1.12. The third kappa shape index (κ3) is 1.93. The maximum atomic E-state index is 12.3. The quantitative estimate of drug-likeness (QED) is 0.649. The number of aryl methyl sites for hydroxylation is 1. The molecule has 0 aliphatic rings. The zero-order valence-electron chi connectivity index (χ0n) is 9.88. The van der Waals surface area contributed by atoms with Crippen molar-refractivity contribution in [3.63, 3.8) is 0 Å². The van der Waals surface area contributed by atoms with Crippen LogP contribution < -0.4 is 0 Å². The van der Waals surface area contributed by atoms with Gasteiger partial charge in [-0.15, -0.1) is 11.3 Å². The third-order valence-electron chi connectivity index (χ3n) is 2.79. The van der Waals surface area contributed by atoms with E-state index in [2.05, 4.69) is 4.98 Å². The second kappa shape index (κ2) is 4.35. The zero-order valence-corrected chi connectivity index (χ0v) is 10.7. The average Bonchev–Trinajstić information content (AvgIpc) is 2.81. The molecule has 18 heavy (non-hydrogen) atoms. The lowest BCUT2D eigenvalue weighted by molar-refractivity contribution is 0.104. The van der Waals surface area contributed by atoms with Gasteiger partial charge in [-0.05, 0) is 36.1 Å². The van der Waals surface area contributed by atoms with Crippen molar-refractivity contribution in [2.45, 2.75) is 6.92 Å². The lowest BCUT2D eigenvalue weighted by Crippen LogP contribution is -1.99. The van der Waals surface area contributed by atoms with Crippen molar-refractivity contribution in [1.82, 2.24) is 4.98 Å². The standard InChI is InChI=1S/C15H11NOS/c1-10-6-12(9-16-8-10)15(17)14-7-11-4-2-3-5-13(11)18-14/h2-9H,1H3. The molecule has 0 saturated carbocycles. The fraction of sp³-hybridized carbons (Fsp3) is 0.0667. The number of hydrogen-bond acceptors (Lipinski definition) is 3. The molecule has 0 bridgehead atoms. The Balaban J connectivity index is 2.06. The van der Waals surface area contributed by atoms with Gasteiger partial charge in [0.25, 0.3) is 0 Å². The van der Waals surface area contributed by atoms with Crippen molar-refractivity contribution in [2.75, 3.05) is 0 Å². The van der Waals surface area contributed by atoms with Gasteiger partial charge in [-0.3, -0.25) is 9.78 Å². The first-order valence-corrected chi connectivity index (χ1v) is 6.50. The van der Waals surface area contributed by atoms with E-state index in [9.17, 15) is 4.79 Å². The van der Waals surface area contributed by atoms with Gasteiger partial charge in [-0.25, -0.2) is 0 Å². The Morgan fingerprint density at radius 3 is 2.78 bits per heavy atom. The fourth-order valence-electron chi connectivity index (χ4n) is 1.92. The number of aromatic nitrogens is 1. The molecule has 3 aromatic rings. The van der Waals surface area contributed by atoms with E-state index in [4.69, 9.17) is 0 Å². The molecule has 2 nitrogen and oxygen atoms in total. The molecule has 88 valence electrons. The van der Waals surface area contributed by atoms with E-state index in [0.29, 0.717) is 5.56 Å². The molecule has 0 fully saturated rings. The number of rotatable bonds is 2. The minimum absolute atomic E-state index is 0.0485. The average molecular weight is 253 g/mol. The topological polar surface area (TPSA) is 30.0 Å². The highest BCUT2D eigenvalue weighted by atomic mass is 32.1. The summed E-state index contributed by atoms with van der Waals surface area (Å²) >= 11 is 1.53. The zero-order chi connectivity index (χ0) is 12.5. The highest BCUT2D eigenvalue weighted by Crippen LogP contribution is 2.27. The summed E-state index contributed by atoms with van der Waals surface area (Å²) in [5.74, 6) is 0.0485. The molecule has 0 saturated heterocycles. The summed E-state index contributed by atoms with van der Waals surface area (Å²) in [6.45, 7) is 1.94. The number of benzene rings is 1. The van der Waals surface area contributed by atoms with Crippen LogP contribution in [0.4, 0.5) is 0 Å². The summed E-state index contributed by atoms with van der Waals surface area (Å²) < 4.78 is 1.14. The lowest BCUT2D eigenvalue weighted by atomic mass is 10.1. The lowest BCUT2D eigenvalue weighted by Gasteiger charge is -1.98. The van der Waals surface area contributed by atoms with E-state index < -0.39 is 0 Å². The molecule has 0 aliphatic carbocycles. The van der Waals surface area contributed by atoms with E-state index in [1.807, 2.05) is 43.3 Å². The van der Waals surface area contributed by atoms with Crippen molar-refractivity contribution >= 4 is 27.2 Å². The van der Waals surface area contributed by atoms with Gasteiger partial charge in [0, 0.05) is 22.7 Å². The van der Waals surface area contributed by atoms with Crippen LogP contribution in [0.1, 0.15) is 20.8 Å². The Bertz CT molecular complexity index is 697. The van der Waals surface area contributed by atoms with Crippen LogP contribution in [-0.2, 0) is 0 Å². The van der Waals surface area contributed by atoms with Crippen LogP contribution in [0.2, 0.25) is 0 Å². The van der Waals surface area contributed by atoms with Crippen LogP contribution in [0.15, 0.2) is 48.8 Å². The maximum Gasteiger partial charge on any atom is 0.204 e. The van der Waals surface area contributed by atoms with Gasteiger partial charge >= 0.3 is 0 Å². The SMILES string of the molecule is Cc1cncc(C(=O)c2cc3ccccc3s2)c1. The molecular formula is C15H11NOS.